The van der Waals surface area contributed by atoms with Gasteiger partial charge in [0, 0.05) is 18.0 Å². The lowest BCUT2D eigenvalue weighted by Gasteiger charge is -2.25. The fraction of sp³-hybridized carbons (Fsp3) is 0.667. The molecule has 29 heavy (non-hydrogen) atoms. The molecule has 4 nitrogen and oxygen atoms in total. The highest BCUT2D eigenvalue weighted by atomic mass is 32.1. The topological polar surface area (TPSA) is 53.4 Å². The summed E-state index contributed by atoms with van der Waals surface area (Å²) in [5.41, 5.74) is 2.11. The Morgan fingerprint density at radius 2 is 1.83 bits per heavy atom. The monoisotopic (exact) mass is 424 g/mol. The molecule has 1 aromatic heterocycles. The van der Waals surface area contributed by atoms with Crippen molar-refractivity contribution in [1.29, 1.82) is 0 Å². The molecule has 0 aliphatic carbocycles. The van der Waals surface area contributed by atoms with E-state index in [0.29, 0.717) is 6.54 Å². The van der Waals surface area contributed by atoms with E-state index in [4.69, 9.17) is 5.11 Å². The quantitative estimate of drug-likeness (QED) is 0.416. The Labute approximate surface area is 183 Å². The maximum Gasteiger partial charge on any atom is 0.305 e. The van der Waals surface area contributed by atoms with Crippen molar-refractivity contribution in [2.75, 3.05) is 11.4 Å². The summed E-state index contributed by atoms with van der Waals surface area (Å²) in [6.07, 6.45) is 7.86. The van der Waals surface area contributed by atoms with E-state index in [1.807, 2.05) is 57.9 Å². The SMILES string of the molecule is C/C=C(\C)c1csc(N(CCC(=O)O)C(C)C)n1.CC.CC/C=C\C(C)C(C)C. The third kappa shape index (κ3) is 13.3. The average molecular weight is 425 g/mol. The molecule has 0 aliphatic heterocycles. The number of carboxylic acids is 1. The third-order valence-electron chi connectivity index (χ3n) is 4.49. The van der Waals surface area contributed by atoms with E-state index >= 15 is 0 Å². The zero-order valence-corrected chi connectivity index (χ0v) is 21.1. The summed E-state index contributed by atoms with van der Waals surface area (Å²) in [6.45, 7) is 21.5. The number of anilines is 1. The van der Waals surface area contributed by atoms with E-state index < -0.39 is 5.97 Å². The molecular formula is C24H44N2O2S. The zero-order valence-electron chi connectivity index (χ0n) is 20.3. The number of allylic oxidation sites excluding steroid dienone is 4. The lowest BCUT2D eigenvalue weighted by molar-refractivity contribution is -0.136. The molecule has 0 amide bonds. The van der Waals surface area contributed by atoms with Gasteiger partial charge in [-0.25, -0.2) is 4.98 Å². The predicted octanol–water partition coefficient (Wildman–Crippen LogP) is 7.53. The first-order valence-electron chi connectivity index (χ1n) is 10.9. The highest BCUT2D eigenvalue weighted by Crippen LogP contribution is 2.26. The minimum atomic E-state index is -0.776. The van der Waals surface area contributed by atoms with Crippen LogP contribution in [0.5, 0.6) is 0 Å². The molecule has 0 bridgehead atoms. The van der Waals surface area contributed by atoms with Gasteiger partial charge in [0.2, 0.25) is 0 Å². The summed E-state index contributed by atoms with van der Waals surface area (Å²) in [5, 5.41) is 11.7. The molecule has 1 heterocycles. The van der Waals surface area contributed by atoms with Crippen LogP contribution >= 0.6 is 11.3 Å². The van der Waals surface area contributed by atoms with Crippen molar-refractivity contribution >= 4 is 28.0 Å². The van der Waals surface area contributed by atoms with Crippen molar-refractivity contribution in [3.05, 3.63) is 29.3 Å². The first-order valence-corrected chi connectivity index (χ1v) is 11.8. The third-order valence-corrected chi connectivity index (χ3v) is 5.37. The van der Waals surface area contributed by atoms with E-state index in [0.717, 1.165) is 34.7 Å². The lowest BCUT2D eigenvalue weighted by Crippen LogP contribution is -2.32. The van der Waals surface area contributed by atoms with Crippen LogP contribution in [0.1, 0.15) is 87.8 Å². The molecule has 168 valence electrons. The fourth-order valence-corrected chi connectivity index (χ4v) is 3.13. The van der Waals surface area contributed by atoms with E-state index in [9.17, 15) is 4.79 Å². The van der Waals surface area contributed by atoms with Crippen molar-refractivity contribution < 1.29 is 9.90 Å². The number of thiazole rings is 1. The van der Waals surface area contributed by atoms with Crippen LogP contribution in [0, 0.1) is 11.8 Å². The van der Waals surface area contributed by atoms with Gasteiger partial charge in [-0.3, -0.25) is 4.79 Å². The molecule has 1 aromatic rings. The first kappa shape index (κ1) is 29.6. The molecule has 0 saturated carbocycles. The van der Waals surface area contributed by atoms with Crippen molar-refractivity contribution in [2.24, 2.45) is 11.8 Å². The highest BCUT2D eigenvalue weighted by Gasteiger charge is 2.16. The Morgan fingerprint density at radius 3 is 2.24 bits per heavy atom. The van der Waals surface area contributed by atoms with E-state index in [-0.39, 0.29) is 12.5 Å². The van der Waals surface area contributed by atoms with E-state index in [1.165, 1.54) is 0 Å². The van der Waals surface area contributed by atoms with Gasteiger partial charge < -0.3 is 10.0 Å². The van der Waals surface area contributed by atoms with Crippen molar-refractivity contribution in [3.63, 3.8) is 0 Å². The number of carboxylic acid groups (broad SMARTS) is 1. The average Bonchev–Trinajstić information content (AvgIpc) is 3.16. The van der Waals surface area contributed by atoms with Gasteiger partial charge in [-0.2, -0.15) is 0 Å². The van der Waals surface area contributed by atoms with Crippen LogP contribution in [-0.4, -0.2) is 28.6 Å². The Morgan fingerprint density at radius 1 is 1.24 bits per heavy atom. The molecular weight excluding hydrogens is 380 g/mol. The maximum atomic E-state index is 10.7. The standard InChI is InChI=1S/C13H20N2O2S.C9H18.C2H6/c1-5-10(4)11-8-18-13(14-11)15(9(2)3)7-6-12(16)17;1-5-6-7-9(4)8(2)3;1-2/h5,8-9H,6-7H2,1-4H3,(H,16,17);6-9H,5H2,1-4H3;1-2H3/b10-5+;7-6-;. The van der Waals surface area contributed by atoms with Gasteiger partial charge in [0.05, 0.1) is 12.1 Å². The van der Waals surface area contributed by atoms with Crippen LogP contribution in [0.4, 0.5) is 5.13 Å². The fourth-order valence-electron chi connectivity index (χ4n) is 2.09. The number of rotatable bonds is 9. The zero-order chi connectivity index (χ0) is 23.0. The van der Waals surface area contributed by atoms with Gasteiger partial charge >= 0.3 is 5.97 Å². The van der Waals surface area contributed by atoms with Crippen molar-refractivity contribution in [2.45, 2.75) is 88.1 Å². The maximum absolute atomic E-state index is 10.7. The smallest absolute Gasteiger partial charge is 0.305 e. The number of hydrogen-bond acceptors (Lipinski definition) is 4. The molecule has 1 atom stereocenters. The summed E-state index contributed by atoms with van der Waals surface area (Å²) >= 11 is 1.56. The number of aliphatic carboxylic acids is 1. The summed E-state index contributed by atoms with van der Waals surface area (Å²) < 4.78 is 0. The van der Waals surface area contributed by atoms with Crippen LogP contribution < -0.4 is 4.90 Å². The van der Waals surface area contributed by atoms with Gasteiger partial charge in [-0.1, -0.05) is 59.8 Å². The lowest BCUT2D eigenvalue weighted by atomic mass is 9.98. The van der Waals surface area contributed by atoms with E-state index in [2.05, 4.69) is 44.8 Å². The second kappa shape index (κ2) is 17.3. The van der Waals surface area contributed by atoms with Crippen LogP contribution in [0.25, 0.3) is 5.57 Å². The van der Waals surface area contributed by atoms with Gasteiger partial charge in [0.1, 0.15) is 0 Å². The summed E-state index contributed by atoms with van der Waals surface area (Å²) in [6, 6.07) is 0.245. The molecule has 1 unspecified atom stereocenters. The van der Waals surface area contributed by atoms with Gasteiger partial charge in [0.25, 0.3) is 0 Å². The molecule has 0 saturated heterocycles. The van der Waals surface area contributed by atoms with Gasteiger partial charge in [-0.05, 0) is 51.5 Å². The first-order chi connectivity index (χ1) is 13.6. The van der Waals surface area contributed by atoms with Crippen molar-refractivity contribution in [1.82, 2.24) is 4.98 Å². The molecule has 1 rings (SSSR count). The molecule has 0 aromatic carbocycles. The number of carbonyl (C=O) groups is 1. The molecule has 0 fully saturated rings. The van der Waals surface area contributed by atoms with Gasteiger partial charge in [0.15, 0.2) is 5.13 Å². The second-order valence-electron chi connectivity index (χ2n) is 7.36. The summed E-state index contributed by atoms with van der Waals surface area (Å²) in [4.78, 5) is 17.3. The Bertz CT molecular complexity index is 604. The summed E-state index contributed by atoms with van der Waals surface area (Å²) in [5.74, 6) is 0.750. The van der Waals surface area contributed by atoms with Crippen molar-refractivity contribution in [3.8, 4) is 0 Å². The van der Waals surface area contributed by atoms with Crippen LogP contribution in [0.15, 0.2) is 23.6 Å². The second-order valence-corrected chi connectivity index (χ2v) is 8.19. The van der Waals surface area contributed by atoms with Crippen LogP contribution in [0.2, 0.25) is 0 Å². The highest BCUT2D eigenvalue weighted by molar-refractivity contribution is 7.13. The normalized spacial score (nSPS) is 12.3. The predicted molar refractivity (Wildman–Crippen MR) is 131 cm³/mol. The van der Waals surface area contributed by atoms with Crippen LogP contribution in [-0.2, 0) is 4.79 Å². The van der Waals surface area contributed by atoms with Crippen LogP contribution in [0.3, 0.4) is 0 Å². The van der Waals surface area contributed by atoms with E-state index in [1.54, 1.807) is 11.3 Å². The Hall–Kier alpha value is -1.62. The Balaban J connectivity index is 0. The molecule has 5 heteroatoms. The number of hydrogen-bond donors (Lipinski definition) is 1. The molecule has 0 spiro atoms. The summed E-state index contributed by atoms with van der Waals surface area (Å²) in [7, 11) is 0. The number of aromatic nitrogens is 1. The molecule has 1 N–H and O–H groups in total. The Kier molecular flexibility index (Phi) is 17.6. The number of nitrogens with zero attached hydrogens (tertiary/aromatic N) is 2. The van der Waals surface area contributed by atoms with Gasteiger partial charge in [-0.15, -0.1) is 11.3 Å². The molecule has 0 radical (unpaired) electrons. The minimum Gasteiger partial charge on any atom is -0.481 e. The largest absolute Gasteiger partial charge is 0.481 e. The molecule has 0 aliphatic rings. The minimum absolute atomic E-state index is 0.135.